The number of carbonyl (C=O) groups excluding carboxylic acids is 2. The van der Waals surface area contributed by atoms with Crippen LogP contribution < -0.4 is 16.0 Å². The predicted molar refractivity (Wildman–Crippen MR) is 93.6 cm³/mol. The van der Waals surface area contributed by atoms with Crippen molar-refractivity contribution >= 4 is 34.6 Å². The number of non-ortho nitro benzene ring substituents is 1. The van der Waals surface area contributed by atoms with Crippen molar-refractivity contribution in [3.63, 3.8) is 0 Å². The van der Waals surface area contributed by atoms with E-state index >= 15 is 0 Å². The highest BCUT2D eigenvalue weighted by molar-refractivity contribution is 6.06. The Kier molecular flexibility index (Phi) is 4.34. The largest absolute Gasteiger partial charge is 0.372 e. The van der Waals surface area contributed by atoms with Crippen LogP contribution in [0.2, 0.25) is 0 Å². The van der Waals surface area contributed by atoms with Gasteiger partial charge in [-0.15, -0.1) is 0 Å². The van der Waals surface area contributed by atoms with Crippen molar-refractivity contribution in [1.29, 1.82) is 0 Å². The molecule has 0 radical (unpaired) electrons. The second-order valence-electron chi connectivity index (χ2n) is 5.74. The summed E-state index contributed by atoms with van der Waals surface area (Å²) in [6.45, 7) is 1.74. The molecule has 1 aliphatic heterocycles. The first-order valence-electron chi connectivity index (χ1n) is 7.65. The lowest BCUT2D eigenvalue weighted by Crippen LogP contribution is -2.41. The molecule has 8 heteroatoms. The molecule has 1 heterocycles. The van der Waals surface area contributed by atoms with Gasteiger partial charge in [-0.3, -0.25) is 19.7 Å². The van der Waals surface area contributed by atoms with Gasteiger partial charge in [-0.1, -0.05) is 18.2 Å². The molecule has 0 spiro atoms. The number of hydrogen-bond acceptors (Lipinski definition) is 5. The second kappa shape index (κ2) is 6.60. The van der Waals surface area contributed by atoms with E-state index in [2.05, 4.69) is 16.0 Å². The highest BCUT2D eigenvalue weighted by Crippen LogP contribution is 2.27. The number of nitrogens with one attached hydrogen (secondary N) is 3. The molecule has 0 aliphatic carbocycles. The fourth-order valence-electron chi connectivity index (χ4n) is 2.58. The van der Waals surface area contributed by atoms with Crippen molar-refractivity contribution in [2.45, 2.75) is 19.4 Å². The lowest BCUT2D eigenvalue weighted by Gasteiger charge is -2.26. The van der Waals surface area contributed by atoms with Gasteiger partial charge < -0.3 is 16.0 Å². The number of nitrogens with zero attached hydrogens (tertiary/aromatic N) is 1. The lowest BCUT2D eigenvalue weighted by atomic mass is 10.1. The third-order valence-electron chi connectivity index (χ3n) is 3.93. The van der Waals surface area contributed by atoms with E-state index in [4.69, 9.17) is 0 Å². The van der Waals surface area contributed by atoms with Gasteiger partial charge in [-0.05, 0) is 24.6 Å². The van der Waals surface area contributed by atoms with Gasteiger partial charge in [-0.25, -0.2) is 0 Å². The molecule has 0 saturated heterocycles. The molecule has 0 aromatic heterocycles. The van der Waals surface area contributed by atoms with E-state index in [1.54, 1.807) is 25.1 Å². The molecule has 0 saturated carbocycles. The maximum absolute atomic E-state index is 12.3. The summed E-state index contributed by atoms with van der Waals surface area (Å²) in [6.07, 6.45) is -0.0949. The van der Waals surface area contributed by atoms with Crippen LogP contribution in [0, 0.1) is 17.0 Å². The fourth-order valence-corrected chi connectivity index (χ4v) is 2.58. The van der Waals surface area contributed by atoms with Crippen LogP contribution in [-0.4, -0.2) is 22.8 Å². The van der Waals surface area contributed by atoms with Crippen LogP contribution in [0.3, 0.4) is 0 Å². The number of rotatable bonds is 4. The number of carbonyl (C=O) groups is 2. The van der Waals surface area contributed by atoms with E-state index in [0.717, 1.165) is 5.69 Å². The zero-order valence-electron chi connectivity index (χ0n) is 13.4. The molecule has 1 aliphatic rings. The SMILES string of the molecule is Cc1ccc([N+](=O)[O-])cc1NC(=O)C[C@H]1Nc2ccccc2NC1=O. The third kappa shape index (κ3) is 3.57. The Morgan fingerprint density at radius 2 is 1.96 bits per heavy atom. The lowest BCUT2D eigenvalue weighted by molar-refractivity contribution is -0.384. The van der Waals surface area contributed by atoms with Crippen molar-refractivity contribution in [2.75, 3.05) is 16.0 Å². The van der Waals surface area contributed by atoms with E-state index in [1.165, 1.54) is 12.1 Å². The Morgan fingerprint density at radius 3 is 2.68 bits per heavy atom. The normalized spacial score (nSPS) is 15.6. The van der Waals surface area contributed by atoms with E-state index in [0.29, 0.717) is 16.9 Å². The van der Waals surface area contributed by atoms with E-state index in [-0.39, 0.29) is 18.0 Å². The topological polar surface area (TPSA) is 113 Å². The van der Waals surface area contributed by atoms with Gasteiger partial charge in [0.2, 0.25) is 11.8 Å². The summed E-state index contributed by atoms with van der Waals surface area (Å²) in [5.41, 5.74) is 2.36. The average molecular weight is 340 g/mol. The van der Waals surface area contributed by atoms with Gasteiger partial charge in [0.1, 0.15) is 6.04 Å². The minimum atomic E-state index is -0.714. The Bertz CT molecular complexity index is 865. The Labute approximate surface area is 143 Å². The van der Waals surface area contributed by atoms with Crippen molar-refractivity contribution in [1.82, 2.24) is 0 Å². The molecule has 0 fully saturated rings. The van der Waals surface area contributed by atoms with Crippen LogP contribution in [0.25, 0.3) is 0 Å². The van der Waals surface area contributed by atoms with Gasteiger partial charge in [0.05, 0.1) is 28.4 Å². The monoisotopic (exact) mass is 340 g/mol. The molecule has 1 atom stereocenters. The molecule has 2 aromatic carbocycles. The number of nitro benzene ring substituents is 1. The fraction of sp³-hybridized carbons (Fsp3) is 0.176. The average Bonchev–Trinajstić information content (AvgIpc) is 2.57. The van der Waals surface area contributed by atoms with Gasteiger partial charge in [-0.2, -0.15) is 0 Å². The summed E-state index contributed by atoms with van der Waals surface area (Å²) in [6, 6.07) is 10.7. The highest BCUT2D eigenvalue weighted by atomic mass is 16.6. The molecule has 3 rings (SSSR count). The predicted octanol–water partition coefficient (Wildman–Crippen LogP) is 2.66. The zero-order valence-corrected chi connectivity index (χ0v) is 13.4. The van der Waals surface area contributed by atoms with Crippen LogP contribution in [0.4, 0.5) is 22.7 Å². The first-order valence-corrected chi connectivity index (χ1v) is 7.65. The Balaban J connectivity index is 1.70. The summed E-state index contributed by atoms with van der Waals surface area (Å²) < 4.78 is 0. The summed E-state index contributed by atoms with van der Waals surface area (Å²) >= 11 is 0. The van der Waals surface area contributed by atoms with Crippen LogP contribution >= 0.6 is 0 Å². The molecular formula is C17H16N4O4. The number of benzene rings is 2. The van der Waals surface area contributed by atoms with Gasteiger partial charge >= 0.3 is 0 Å². The number of anilines is 3. The quantitative estimate of drug-likeness (QED) is 0.585. The molecule has 2 aromatic rings. The van der Waals surface area contributed by atoms with E-state index in [9.17, 15) is 19.7 Å². The van der Waals surface area contributed by atoms with Crippen LogP contribution in [0.1, 0.15) is 12.0 Å². The third-order valence-corrected chi connectivity index (χ3v) is 3.93. The minimum absolute atomic E-state index is 0.0949. The first-order chi connectivity index (χ1) is 11.9. The number of nitro groups is 1. The maximum atomic E-state index is 12.3. The van der Waals surface area contributed by atoms with Gasteiger partial charge in [0.25, 0.3) is 5.69 Å². The smallest absolute Gasteiger partial charge is 0.271 e. The van der Waals surface area contributed by atoms with E-state index in [1.807, 2.05) is 12.1 Å². The summed E-state index contributed by atoms with van der Waals surface area (Å²) in [7, 11) is 0. The molecule has 3 N–H and O–H groups in total. The zero-order chi connectivity index (χ0) is 18.0. The standard InChI is InChI=1S/C17H16N4O4/c1-10-6-7-11(21(24)25)8-14(10)19-16(22)9-15-17(23)20-13-5-3-2-4-12(13)18-15/h2-8,15,18H,9H2,1H3,(H,19,22)(H,20,23)/t15-/m1/s1. The first kappa shape index (κ1) is 16.4. The van der Waals surface area contributed by atoms with Crippen LogP contribution in [-0.2, 0) is 9.59 Å². The Hall–Kier alpha value is -3.42. The number of para-hydroxylation sites is 2. The second-order valence-corrected chi connectivity index (χ2v) is 5.74. The molecule has 128 valence electrons. The number of amides is 2. The maximum Gasteiger partial charge on any atom is 0.271 e. The molecule has 2 amide bonds. The van der Waals surface area contributed by atoms with Gasteiger partial charge in [0.15, 0.2) is 0 Å². The molecule has 0 unspecified atom stereocenters. The minimum Gasteiger partial charge on any atom is -0.372 e. The van der Waals surface area contributed by atoms with Crippen molar-refractivity contribution in [3.8, 4) is 0 Å². The van der Waals surface area contributed by atoms with E-state index < -0.39 is 16.9 Å². The summed E-state index contributed by atoms with van der Waals surface area (Å²) in [5.74, 6) is -0.708. The van der Waals surface area contributed by atoms with Crippen molar-refractivity contribution < 1.29 is 14.5 Å². The van der Waals surface area contributed by atoms with Crippen LogP contribution in [0.5, 0.6) is 0 Å². The number of hydrogen-bond donors (Lipinski definition) is 3. The van der Waals surface area contributed by atoms with Crippen molar-refractivity contribution in [2.24, 2.45) is 0 Å². The number of aryl methyl sites for hydroxylation is 1. The molecule has 8 nitrogen and oxygen atoms in total. The summed E-state index contributed by atoms with van der Waals surface area (Å²) in [5, 5.41) is 19.3. The Morgan fingerprint density at radius 1 is 1.24 bits per heavy atom. The van der Waals surface area contributed by atoms with Gasteiger partial charge in [0, 0.05) is 12.1 Å². The molecular weight excluding hydrogens is 324 g/mol. The van der Waals surface area contributed by atoms with Crippen LogP contribution in [0.15, 0.2) is 42.5 Å². The summed E-state index contributed by atoms with van der Waals surface area (Å²) in [4.78, 5) is 34.7. The molecule has 0 bridgehead atoms. The number of fused-ring (bicyclic) bond motifs is 1. The highest BCUT2D eigenvalue weighted by Gasteiger charge is 2.27. The molecule has 25 heavy (non-hydrogen) atoms. The van der Waals surface area contributed by atoms with Crippen molar-refractivity contribution in [3.05, 3.63) is 58.1 Å².